The largest absolute Gasteiger partial charge is 0.310 e. The molecule has 6 heteroatoms. The molecule has 0 fully saturated rings. The highest BCUT2D eigenvalue weighted by Gasteiger charge is 2.11. The van der Waals surface area contributed by atoms with Crippen LogP contribution in [0.5, 0.6) is 0 Å². The van der Waals surface area contributed by atoms with Crippen LogP contribution in [0.3, 0.4) is 0 Å². The number of carbonyl (C=O) groups excluding carboxylic acids is 1. The maximum atomic E-state index is 13.5. The lowest BCUT2D eigenvalue weighted by Crippen LogP contribution is -2.15. The number of rotatable bonds is 3. The molecule has 100 valence electrons. The molecule has 1 aromatic carbocycles. The summed E-state index contributed by atoms with van der Waals surface area (Å²) in [7, 11) is 0. The Morgan fingerprint density at radius 2 is 2.10 bits per heavy atom. The second kappa shape index (κ2) is 5.08. The summed E-state index contributed by atoms with van der Waals surface area (Å²) in [6, 6.07) is 9.75. The van der Waals surface area contributed by atoms with E-state index in [1.807, 2.05) is 0 Å². The molecule has 0 saturated carbocycles. The maximum absolute atomic E-state index is 13.5. The average molecular weight is 270 g/mol. The monoisotopic (exact) mass is 270 g/mol. The van der Waals surface area contributed by atoms with Gasteiger partial charge in [0.05, 0.1) is 11.8 Å². The summed E-state index contributed by atoms with van der Waals surface area (Å²) in [4.78, 5) is 16.0. The van der Waals surface area contributed by atoms with E-state index in [1.54, 1.807) is 36.5 Å². The molecule has 2 heterocycles. The molecular formula is C14H11FN4O. The van der Waals surface area contributed by atoms with Crippen molar-refractivity contribution in [3.05, 3.63) is 54.0 Å². The summed E-state index contributed by atoms with van der Waals surface area (Å²) in [5.74, 6) is -0.238. The quantitative estimate of drug-likeness (QED) is 0.767. The minimum Gasteiger partial charge on any atom is -0.310 e. The smallest absolute Gasteiger partial charge is 0.230 e. The van der Waals surface area contributed by atoms with Crippen LogP contribution in [0.25, 0.3) is 11.0 Å². The van der Waals surface area contributed by atoms with Crippen LogP contribution in [0.2, 0.25) is 0 Å². The molecule has 1 amide bonds. The predicted octanol–water partition coefficient (Wildman–Crippen LogP) is 2.28. The van der Waals surface area contributed by atoms with E-state index in [1.165, 1.54) is 6.07 Å². The van der Waals surface area contributed by atoms with E-state index >= 15 is 0 Å². The van der Waals surface area contributed by atoms with Crippen molar-refractivity contribution in [1.29, 1.82) is 0 Å². The zero-order chi connectivity index (χ0) is 13.9. The van der Waals surface area contributed by atoms with E-state index in [0.29, 0.717) is 17.0 Å². The lowest BCUT2D eigenvalue weighted by Gasteiger charge is -2.04. The molecular weight excluding hydrogens is 259 g/mol. The van der Waals surface area contributed by atoms with Crippen molar-refractivity contribution >= 4 is 22.8 Å². The van der Waals surface area contributed by atoms with E-state index < -0.39 is 5.82 Å². The molecule has 0 aliphatic rings. The number of amides is 1. The van der Waals surface area contributed by atoms with E-state index in [2.05, 4.69) is 20.5 Å². The first kappa shape index (κ1) is 12.3. The van der Waals surface area contributed by atoms with Gasteiger partial charge in [-0.05, 0) is 23.8 Å². The van der Waals surface area contributed by atoms with Gasteiger partial charge >= 0.3 is 0 Å². The third-order valence-corrected chi connectivity index (χ3v) is 2.90. The SMILES string of the molecule is O=C(Cc1ccccc1F)Nc1[nH]nc2ncccc12. The van der Waals surface area contributed by atoms with Crippen LogP contribution in [0, 0.1) is 5.82 Å². The Balaban J connectivity index is 1.78. The van der Waals surface area contributed by atoms with Gasteiger partial charge in [0.2, 0.25) is 5.91 Å². The van der Waals surface area contributed by atoms with Crippen LogP contribution in [-0.2, 0) is 11.2 Å². The van der Waals surface area contributed by atoms with Crippen molar-refractivity contribution in [3.8, 4) is 0 Å². The average Bonchev–Trinajstić information content (AvgIpc) is 2.85. The predicted molar refractivity (Wildman–Crippen MR) is 72.6 cm³/mol. The van der Waals surface area contributed by atoms with E-state index in [4.69, 9.17) is 0 Å². The molecule has 0 unspecified atom stereocenters. The highest BCUT2D eigenvalue weighted by Crippen LogP contribution is 2.18. The highest BCUT2D eigenvalue weighted by molar-refractivity contribution is 5.99. The lowest BCUT2D eigenvalue weighted by molar-refractivity contribution is -0.115. The lowest BCUT2D eigenvalue weighted by atomic mass is 10.1. The molecule has 2 N–H and O–H groups in total. The van der Waals surface area contributed by atoms with Crippen LogP contribution in [-0.4, -0.2) is 21.1 Å². The van der Waals surface area contributed by atoms with Gasteiger partial charge in [-0.25, -0.2) is 9.37 Å². The van der Waals surface area contributed by atoms with Gasteiger partial charge in [0.15, 0.2) is 5.65 Å². The molecule has 0 aliphatic carbocycles. The number of anilines is 1. The summed E-state index contributed by atoms with van der Waals surface area (Å²) in [6.45, 7) is 0. The number of benzene rings is 1. The number of hydrogen-bond donors (Lipinski definition) is 2. The van der Waals surface area contributed by atoms with Gasteiger partial charge in [-0.3, -0.25) is 9.89 Å². The molecule has 0 spiro atoms. The van der Waals surface area contributed by atoms with Crippen LogP contribution in [0.1, 0.15) is 5.56 Å². The van der Waals surface area contributed by atoms with Gasteiger partial charge in [-0.2, -0.15) is 5.10 Å². The van der Waals surface area contributed by atoms with Crippen molar-refractivity contribution in [3.63, 3.8) is 0 Å². The first-order valence-corrected chi connectivity index (χ1v) is 6.06. The third-order valence-electron chi connectivity index (χ3n) is 2.90. The molecule has 2 aromatic heterocycles. The molecule has 20 heavy (non-hydrogen) atoms. The second-order valence-electron chi connectivity index (χ2n) is 4.29. The fourth-order valence-corrected chi connectivity index (χ4v) is 1.94. The Morgan fingerprint density at radius 3 is 2.95 bits per heavy atom. The normalized spacial score (nSPS) is 10.7. The molecule has 0 saturated heterocycles. The van der Waals surface area contributed by atoms with Gasteiger partial charge in [0.1, 0.15) is 11.6 Å². The van der Waals surface area contributed by atoms with Gasteiger partial charge < -0.3 is 5.32 Å². The van der Waals surface area contributed by atoms with Crippen molar-refractivity contribution in [2.45, 2.75) is 6.42 Å². The number of hydrogen-bond acceptors (Lipinski definition) is 3. The number of aromatic nitrogens is 3. The van der Waals surface area contributed by atoms with Crippen LogP contribution < -0.4 is 5.32 Å². The van der Waals surface area contributed by atoms with Crippen LogP contribution in [0.4, 0.5) is 10.2 Å². The number of H-pyrrole nitrogens is 1. The molecule has 0 radical (unpaired) electrons. The van der Waals surface area contributed by atoms with Crippen molar-refractivity contribution in [2.75, 3.05) is 5.32 Å². The zero-order valence-electron chi connectivity index (χ0n) is 10.4. The van der Waals surface area contributed by atoms with E-state index in [-0.39, 0.29) is 12.3 Å². The van der Waals surface area contributed by atoms with Crippen molar-refractivity contribution in [2.24, 2.45) is 0 Å². The van der Waals surface area contributed by atoms with Gasteiger partial charge in [0.25, 0.3) is 0 Å². The van der Waals surface area contributed by atoms with Crippen molar-refractivity contribution < 1.29 is 9.18 Å². The summed E-state index contributed by atoms with van der Waals surface area (Å²) >= 11 is 0. The maximum Gasteiger partial charge on any atom is 0.230 e. The van der Waals surface area contributed by atoms with Gasteiger partial charge in [-0.15, -0.1) is 0 Å². The number of aromatic amines is 1. The minimum absolute atomic E-state index is 0.0343. The molecule has 3 aromatic rings. The first-order chi connectivity index (χ1) is 9.74. The molecule has 0 aliphatic heterocycles. The summed E-state index contributed by atoms with van der Waals surface area (Å²) in [6.07, 6.45) is 1.58. The highest BCUT2D eigenvalue weighted by atomic mass is 19.1. The second-order valence-corrected chi connectivity index (χ2v) is 4.29. The van der Waals surface area contributed by atoms with Crippen LogP contribution >= 0.6 is 0 Å². The summed E-state index contributed by atoms with van der Waals surface area (Å²) in [5.41, 5.74) is 0.876. The molecule has 5 nitrogen and oxygen atoms in total. The number of carbonyl (C=O) groups is 1. The standard InChI is InChI=1S/C14H11FN4O/c15-11-6-2-1-4-9(11)8-12(20)17-14-10-5-3-7-16-13(10)18-19-14/h1-7H,8H2,(H2,16,17,18,19,20). The minimum atomic E-state index is -0.390. The number of pyridine rings is 1. The Bertz CT molecular complexity index is 768. The Morgan fingerprint density at radius 1 is 1.25 bits per heavy atom. The fourth-order valence-electron chi connectivity index (χ4n) is 1.94. The molecule has 0 bridgehead atoms. The topological polar surface area (TPSA) is 70.7 Å². The Labute approximate surface area is 113 Å². The van der Waals surface area contributed by atoms with E-state index in [0.717, 1.165) is 5.39 Å². The van der Waals surface area contributed by atoms with Gasteiger partial charge in [0, 0.05) is 6.20 Å². The molecule has 3 rings (SSSR count). The first-order valence-electron chi connectivity index (χ1n) is 6.06. The summed E-state index contributed by atoms with van der Waals surface area (Å²) in [5, 5.41) is 10.1. The van der Waals surface area contributed by atoms with Crippen LogP contribution in [0.15, 0.2) is 42.6 Å². The third kappa shape index (κ3) is 2.35. The number of nitrogens with zero attached hydrogens (tertiary/aromatic N) is 2. The Kier molecular flexibility index (Phi) is 3.12. The number of nitrogens with one attached hydrogen (secondary N) is 2. The number of halogens is 1. The van der Waals surface area contributed by atoms with Gasteiger partial charge in [-0.1, -0.05) is 18.2 Å². The number of fused-ring (bicyclic) bond motifs is 1. The zero-order valence-corrected chi connectivity index (χ0v) is 10.4. The molecule has 0 atom stereocenters. The summed E-state index contributed by atoms with van der Waals surface area (Å²) < 4.78 is 13.5. The fraction of sp³-hybridized carbons (Fsp3) is 0.0714. The van der Waals surface area contributed by atoms with Crippen molar-refractivity contribution in [1.82, 2.24) is 15.2 Å². The Hall–Kier alpha value is -2.76. The van der Waals surface area contributed by atoms with E-state index in [9.17, 15) is 9.18 Å².